The van der Waals surface area contributed by atoms with Gasteiger partial charge in [-0.3, -0.25) is 0 Å². The van der Waals surface area contributed by atoms with E-state index >= 15 is 0 Å². The maximum absolute atomic E-state index is 11.4. The molecule has 0 atom stereocenters. The van der Waals surface area contributed by atoms with Crippen LogP contribution in [0.4, 0.5) is 5.69 Å². The number of rotatable bonds is 3. The highest BCUT2D eigenvalue weighted by Crippen LogP contribution is 2.29. The molecule has 1 aromatic heterocycles. The maximum atomic E-state index is 11.4. The number of carbonyl (C=O) groups excluding carboxylic acids is 1. The first kappa shape index (κ1) is 13.2. The lowest BCUT2D eigenvalue weighted by Crippen LogP contribution is -2.02. The lowest BCUT2D eigenvalue weighted by molar-refractivity contribution is 0.0600. The van der Waals surface area contributed by atoms with Crippen LogP contribution in [-0.2, 0) is 4.74 Å². The molecule has 1 heterocycles. The van der Waals surface area contributed by atoms with Gasteiger partial charge < -0.3 is 15.2 Å². The molecule has 0 fully saturated rings. The summed E-state index contributed by atoms with van der Waals surface area (Å²) in [5.74, 6) is 0.201. The first-order chi connectivity index (χ1) is 9.10. The van der Waals surface area contributed by atoms with Gasteiger partial charge in [-0.25, -0.2) is 9.78 Å². The van der Waals surface area contributed by atoms with E-state index < -0.39 is 5.97 Å². The third-order valence-corrected chi connectivity index (χ3v) is 2.58. The number of nitrogen functional groups attached to an aromatic ring is 1. The van der Waals surface area contributed by atoms with Gasteiger partial charge in [0.25, 0.3) is 0 Å². The summed E-state index contributed by atoms with van der Waals surface area (Å²) in [6.07, 6.45) is 1.45. The first-order valence-corrected chi connectivity index (χ1v) is 5.75. The fourth-order valence-electron chi connectivity index (χ4n) is 1.43. The number of ether oxygens (including phenoxy) is 2. The first-order valence-electron chi connectivity index (χ1n) is 5.37. The Hall–Kier alpha value is -2.27. The highest BCUT2D eigenvalue weighted by atomic mass is 35.5. The van der Waals surface area contributed by atoms with Crippen LogP contribution in [0.1, 0.15) is 10.4 Å². The Morgan fingerprint density at radius 1 is 1.32 bits per heavy atom. The molecule has 0 radical (unpaired) electrons. The molecule has 2 N–H and O–H groups in total. The Balaban J connectivity index is 2.26. The van der Waals surface area contributed by atoms with Gasteiger partial charge in [0.1, 0.15) is 0 Å². The summed E-state index contributed by atoms with van der Waals surface area (Å²) in [6, 6.07) is 7.85. The van der Waals surface area contributed by atoms with E-state index in [0.717, 1.165) is 0 Å². The number of anilines is 1. The van der Waals surface area contributed by atoms with E-state index in [1.807, 2.05) is 0 Å². The van der Waals surface area contributed by atoms with Crippen LogP contribution in [0.3, 0.4) is 0 Å². The van der Waals surface area contributed by atoms with Gasteiger partial charge in [0.15, 0.2) is 5.75 Å². The van der Waals surface area contributed by atoms with Crippen LogP contribution in [-0.4, -0.2) is 18.1 Å². The summed E-state index contributed by atoms with van der Waals surface area (Å²) in [6.45, 7) is 0. The number of halogens is 1. The van der Waals surface area contributed by atoms with Crippen LogP contribution in [0, 0.1) is 0 Å². The Kier molecular flexibility index (Phi) is 3.87. The van der Waals surface area contributed by atoms with Crippen molar-refractivity contribution in [1.29, 1.82) is 0 Å². The van der Waals surface area contributed by atoms with Crippen molar-refractivity contribution in [3.05, 3.63) is 47.1 Å². The zero-order valence-electron chi connectivity index (χ0n) is 10.1. The van der Waals surface area contributed by atoms with E-state index in [2.05, 4.69) is 9.72 Å². The number of hydrogen-bond donors (Lipinski definition) is 1. The third kappa shape index (κ3) is 3.14. The van der Waals surface area contributed by atoms with E-state index in [0.29, 0.717) is 22.0 Å². The molecule has 2 rings (SSSR count). The van der Waals surface area contributed by atoms with Gasteiger partial charge in [-0.15, -0.1) is 0 Å². The van der Waals surface area contributed by atoms with Gasteiger partial charge in [0.05, 0.1) is 18.4 Å². The minimum absolute atomic E-state index is 0.247. The second kappa shape index (κ2) is 5.58. The van der Waals surface area contributed by atoms with Crippen LogP contribution in [0.15, 0.2) is 36.5 Å². The number of aromatic nitrogens is 1. The summed E-state index contributed by atoms with van der Waals surface area (Å²) in [5, 5.41) is 0.515. The molecule has 0 aliphatic carbocycles. The monoisotopic (exact) mass is 278 g/mol. The molecule has 2 aromatic rings. The number of nitrogens with two attached hydrogens (primary N) is 1. The Bertz CT molecular complexity index is 617. The molecule has 6 heteroatoms. The summed E-state index contributed by atoms with van der Waals surface area (Å²) >= 11 is 5.79. The summed E-state index contributed by atoms with van der Waals surface area (Å²) < 4.78 is 10.1. The van der Waals surface area contributed by atoms with Crippen LogP contribution >= 0.6 is 11.6 Å². The van der Waals surface area contributed by atoms with E-state index in [4.69, 9.17) is 22.1 Å². The van der Waals surface area contributed by atoms with Crippen LogP contribution in [0.2, 0.25) is 5.02 Å². The molecule has 0 saturated carbocycles. The number of carbonyl (C=O) groups is 1. The van der Waals surface area contributed by atoms with Gasteiger partial charge in [-0.05, 0) is 24.3 Å². The quantitative estimate of drug-likeness (QED) is 0.690. The Labute approximate surface area is 114 Å². The van der Waals surface area contributed by atoms with E-state index in [1.165, 1.54) is 25.4 Å². The molecular formula is C13H11ClN2O3. The molecule has 0 amide bonds. The highest BCUT2D eigenvalue weighted by molar-refractivity contribution is 6.30. The molecule has 0 saturated heterocycles. The second-order valence-electron chi connectivity index (χ2n) is 3.66. The van der Waals surface area contributed by atoms with Crippen molar-refractivity contribution in [1.82, 2.24) is 4.98 Å². The second-order valence-corrected chi connectivity index (χ2v) is 4.09. The third-order valence-electron chi connectivity index (χ3n) is 2.34. The van der Waals surface area contributed by atoms with Gasteiger partial charge in [0.2, 0.25) is 5.88 Å². The SMILES string of the molecule is COC(=O)c1ccnc(Oc2ccc(Cl)cc2N)c1. The summed E-state index contributed by atoms with van der Waals surface area (Å²) in [5.41, 5.74) is 6.50. The molecule has 98 valence electrons. The van der Waals surface area contributed by atoms with Crippen molar-refractivity contribution < 1.29 is 14.3 Å². The molecule has 0 aliphatic rings. The molecule has 5 nitrogen and oxygen atoms in total. The predicted octanol–water partition coefficient (Wildman–Crippen LogP) is 2.90. The van der Waals surface area contributed by atoms with Gasteiger partial charge in [0, 0.05) is 17.3 Å². The largest absolute Gasteiger partial charge is 0.465 e. The lowest BCUT2D eigenvalue weighted by atomic mass is 10.2. The average Bonchev–Trinajstić information content (AvgIpc) is 2.41. The average molecular weight is 279 g/mol. The Morgan fingerprint density at radius 2 is 2.11 bits per heavy atom. The Morgan fingerprint density at radius 3 is 2.79 bits per heavy atom. The van der Waals surface area contributed by atoms with Crippen LogP contribution in [0.25, 0.3) is 0 Å². The zero-order chi connectivity index (χ0) is 13.8. The number of benzene rings is 1. The smallest absolute Gasteiger partial charge is 0.338 e. The highest BCUT2D eigenvalue weighted by Gasteiger charge is 2.09. The van der Waals surface area contributed by atoms with Crippen molar-refractivity contribution in [2.75, 3.05) is 12.8 Å². The molecule has 0 unspecified atom stereocenters. The lowest BCUT2D eigenvalue weighted by Gasteiger charge is -2.08. The number of methoxy groups -OCH3 is 1. The maximum Gasteiger partial charge on any atom is 0.338 e. The van der Waals surface area contributed by atoms with Crippen molar-refractivity contribution in [3.8, 4) is 11.6 Å². The van der Waals surface area contributed by atoms with E-state index in [-0.39, 0.29) is 5.88 Å². The van der Waals surface area contributed by atoms with Crippen molar-refractivity contribution in [3.63, 3.8) is 0 Å². The molecular weight excluding hydrogens is 268 g/mol. The predicted molar refractivity (Wildman–Crippen MR) is 71.5 cm³/mol. The molecule has 0 aliphatic heterocycles. The topological polar surface area (TPSA) is 74.4 Å². The fraction of sp³-hybridized carbons (Fsp3) is 0.0769. The van der Waals surface area contributed by atoms with E-state index in [1.54, 1.807) is 18.2 Å². The minimum Gasteiger partial charge on any atom is -0.465 e. The standard InChI is InChI=1S/C13H11ClN2O3/c1-18-13(17)8-4-5-16-12(6-8)19-11-3-2-9(14)7-10(11)15/h2-7H,15H2,1H3. The fourth-order valence-corrected chi connectivity index (χ4v) is 1.62. The van der Waals surface area contributed by atoms with Crippen molar-refractivity contribution >= 4 is 23.3 Å². The molecule has 0 bridgehead atoms. The van der Waals surface area contributed by atoms with Crippen molar-refractivity contribution in [2.24, 2.45) is 0 Å². The number of hydrogen-bond acceptors (Lipinski definition) is 5. The number of nitrogens with zero attached hydrogens (tertiary/aromatic N) is 1. The van der Waals surface area contributed by atoms with Gasteiger partial charge in [-0.1, -0.05) is 11.6 Å². The summed E-state index contributed by atoms with van der Waals surface area (Å²) in [7, 11) is 1.31. The zero-order valence-corrected chi connectivity index (χ0v) is 10.8. The minimum atomic E-state index is -0.462. The van der Waals surface area contributed by atoms with Crippen LogP contribution in [0.5, 0.6) is 11.6 Å². The molecule has 19 heavy (non-hydrogen) atoms. The van der Waals surface area contributed by atoms with E-state index in [9.17, 15) is 4.79 Å². The van der Waals surface area contributed by atoms with Gasteiger partial charge >= 0.3 is 5.97 Å². The summed E-state index contributed by atoms with van der Waals surface area (Å²) in [4.78, 5) is 15.4. The normalized spacial score (nSPS) is 10.0. The molecule has 1 aromatic carbocycles. The van der Waals surface area contributed by atoms with Gasteiger partial charge in [-0.2, -0.15) is 0 Å². The van der Waals surface area contributed by atoms with Crippen LogP contribution < -0.4 is 10.5 Å². The number of pyridine rings is 1. The molecule has 0 spiro atoms. The number of esters is 1. The van der Waals surface area contributed by atoms with Crippen molar-refractivity contribution in [2.45, 2.75) is 0 Å².